The Balaban J connectivity index is 0.000000277. The van der Waals surface area contributed by atoms with Gasteiger partial charge in [-0.25, -0.2) is 0 Å². The van der Waals surface area contributed by atoms with Crippen molar-refractivity contribution < 1.29 is 189 Å². The lowest BCUT2D eigenvalue weighted by molar-refractivity contribution is -0.166. The summed E-state index contributed by atoms with van der Waals surface area (Å²) in [6.45, 7) is -23.1. The lowest BCUT2D eigenvalue weighted by Gasteiger charge is -2.44. The van der Waals surface area contributed by atoms with Crippen LogP contribution in [0.15, 0.2) is 94.9 Å². The number of aliphatic hydroxyl groups excluding tert-OH is 4. The maximum absolute atomic E-state index is 14.2. The van der Waals surface area contributed by atoms with Crippen LogP contribution >= 0.6 is 0 Å². The van der Waals surface area contributed by atoms with Crippen molar-refractivity contribution in [1.29, 1.82) is 5.72 Å². The molecule has 20 heteroatoms. The third-order valence-electron chi connectivity index (χ3n) is 22.2. The molecule has 0 amide bonds. The second-order valence-corrected chi connectivity index (χ2v) is 31.4. The summed E-state index contributed by atoms with van der Waals surface area (Å²) >= 11 is 0. The summed E-state index contributed by atoms with van der Waals surface area (Å²) in [5, 5.41) is 17.6. The Morgan fingerprint density at radius 2 is 0.642 bits per heavy atom. The third kappa shape index (κ3) is 25.9. The molecule has 120 heavy (non-hydrogen) atoms. The molecule has 9 unspecified atom stereocenters. The molecular weight excluding hydrogens is 1520 g/mol. The zero-order valence-electron chi connectivity index (χ0n) is 139. The number of rotatable bonds is 28. The monoisotopic (exact) mass is 1740 g/mol. The van der Waals surface area contributed by atoms with E-state index in [1.165, 1.54) is 20.8 Å². The highest BCUT2D eigenvalue weighted by Gasteiger charge is 2.50. The van der Waals surface area contributed by atoms with Gasteiger partial charge in [0.2, 0.25) is 5.72 Å². The quantitative estimate of drug-likeness (QED) is 0.0418. The van der Waals surface area contributed by atoms with Crippen molar-refractivity contribution >= 4 is 47.8 Å². The third-order valence-corrected chi connectivity index (χ3v) is 22.2. The highest BCUT2D eigenvalue weighted by atomic mass is 16.6. The predicted octanol–water partition coefficient (Wildman–Crippen LogP) is 18.3. The van der Waals surface area contributed by atoms with Gasteiger partial charge in [-0.1, -0.05) is 156 Å². The van der Waals surface area contributed by atoms with Crippen molar-refractivity contribution in [2.75, 3.05) is 0 Å². The zero-order valence-corrected chi connectivity index (χ0v) is 68.1. The molecule has 672 valence electrons. The largest absolute Gasteiger partial charge is 0.462 e. The van der Waals surface area contributed by atoms with E-state index in [1.54, 1.807) is 0 Å². The summed E-state index contributed by atoms with van der Waals surface area (Å²) in [5.74, 6) is -45.1. The molecule has 4 aliphatic heterocycles. The van der Waals surface area contributed by atoms with Crippen LogP contribution in [-0.4, -0.2) is 147 Å². The standard InChI is InChI=1S/4C25H38O5/c4*1-6-25(4,5)24(28)30-21-12-15(2)11-17-8-7-16(3)20(23(17)21)10-9-19-13-18(26)14-22(27)29-19/h4*7-8,11,15-16,18-21,23,26H,6,9-10,12-14H2,1-5H3/t4*15-,16-,18+,19?,20-,21?,23-/m0000/s1/i2*1D3,4D3,5D3,6D2,7D,8D,11D,12D2,14D2,15D,16D,26D;4D3,5D3,7D,8D,11D,12D2,14D2,15D,16D,26D;4D3,7D,8D,11D,12D2,14D2,15D,16D,26D/t3m;15-,16-,18+,19?,20-,21?,23-,25?. The van der Waals surface area contributed by atoms with E-state index >= 15 is 0 Å². The van der Waals surface area contributed by atoms with Gasteiger partial charge in [0.25, 0.3) is 0 Å². The van der Waals surface area contributed by atoms with Gasteiger partial charge >= 0.3 is 47.8 Å². The lowest BCUT2D eigenvalue weighted by Crippen LogP contribution is -2.43. The van der Waals surface area contributed by atoms with E-state index in [0.717, 1.165) is 55.4 Å². The SMILES string of the molecule is [2H]O[C@@H]1CC(CC[C@@H]2[C@@H]3C(=C([2H])[C@]([2H])(C)C([2H])([2H])C3OC(=O)C(C([2H])([2H])[2H])(C([2H])([2H])[2H])C([2H])([2H])C([2H])([2H])[2H])C([2H])=C([2H])[C@]2([2H])C)OC(=O)C1([2H])[2H].[2H]O[C@@H]1CC(CC[C@@H]2[C@@H]3C(=C([2H])[C@]([2H])(C)C([2H])([2H])C3OC(=O)C(C([2H])([2H])[2H])(C([2H])([2H])[2H])C([2H])([2H])C([2H])([2H])[2H])C([2H])=C([2H])[C@]2([2H])C)OC(=O)C1([2H])[2H].[2H]O[C@@H]1CC(CC[C@@H]2[C@@H]3C(=C([2H])[C@]([2H])(C)C([2H])([2H])C3OC(=O)C(C)(CC)C([2H])([2H])[2H])C([2H])=C([2H])[C@]2([2H])C)OC(=O)C1([2H])[2H].[2H]O[C@@H]1CC(CC[C@@H]2[C@@H]3C(=C([2H])[C@]([2H])(C)C([2H])([2H])C3OC(=O)C(CC)(C([2H])([2H])[2H])C([2H])([2H])[2H])C([2H])=C([2H])[C@]2([2H])C)OC(=O)C1([2H])[2H]. The van der Waals surface area contributed by atoms with Crippen LogP contribution in [-0.2, 0) is 76.3 Å². The minimum Gasteiger partial charge on any atom is -0.462 e. The molecule has 0 spiro atoms. The van der Waals surface area contributed by atoms with Crippen LogP contribution in [0, 0.1) is 116 Å². The number of esters is 8. The summed E-state index contributed by atoms with van der Waals surface area (Å²) in [7, 11) is 0. The van der Waals surface area contributed by atoms with E-state index in [1.807, 2.05) is 0 Å². The van der Waals surface area contributed by atoms with Gasteiger partial charge in [0.05, 0.1) is 88.0 Å². The minimum absolute atomic E-state index is 0.0811. The summed E-state index contributed by atoms with van der Waals surface area (Å²) in [6.07, 6.45) is -56.4. The summed E-state index contributed by atoms with van der Waals surface area (Å²) < 4.78 is 628. The van der Waals surface area contributed by atoms with Gasteiger partial charge in [-0.15, -0.1) is 0 Å². The van der Waals surface area contributed by atoms with Gasteiger partial charge in [-0.3, -0.25) is 38.4 Å². The van der Waals surface area contributed by atoms with Crippen LogP contribution < -0.4 is 0 Å². The van der Waals surface area contributed by atoms with Gasteiger partial charge in [0.1, 0.15) is 48.8 Å². The molecule has 4 N–H and O–H groups in total. The van der Waals surface area contributed by atoms with E-state index in [9.17, 15) is 38.4 Å². The van der Waals surface area contributed by atoms with Crippen molar-refractivity contribution in [3.05, 3.63) is 94.9 Å². The maximum Gasteiger partial charge on any atom is 0.311 e. The molecule has 12 aliphatic rings. The van der Waals surface area contributed by atoms with Gasteiger partial charge in [-0.2, -0.15) is 0 Å². The maximum atomic E-state index is 14.2. The molecule has 0 aromatic heterocycles. The molecule has 20 nitrogen and oxygen atoms in total. The van der Waals surface area contributed by atoms with E-state index in [0.29, 0.717) is 0 Å². The molecule has 0 radical (unpaired) electrons. The highest BCUT2D eigenvalue weighted by molar-refractivity contribution is 5.78. The normalized spacial score (nSPS) is 56.0. The fourth-order valence-electron chi connectivity index (χ4n) is 15.4. The predicted molar refractivity (Wildman–Crippen MR) is 462 cm³/mol. The summed E-state index contributed by atoms with van der Waals surface area (Å²) in [4.78, 5) is 105. The van der Waals surface area contributed by atoms with Crippen LogP contribution in [0.4, 0.5) is 0 Å². The Bertz CT molecular complexity index is 6820. The Kier molecular flexibility index (Phi) is 13.7. The smallest absolute Gasteiger partial charge is 0.311 e. The number of allylic oxidation sites excluding steroid dienone is 12. The number of aliphatic hydroxyl groups is 4. The molecule has 0 aromatic carbocycles. The molecule has 29 atom stereocenters. The van der Waals surface area contributed by atoms with Crippen molar-refractivity contribution in [3.63, 3.8) is 0 Å². The number of fused-ring (bicyclic) bond motifs is 4. The van der Waals surface area contributed by atoms with Crippen molar-refractivity contribution in [2.24, 2.45) is 116 Å². The number of carbonyl (C=O) groups excluding carboxylic acids is 8. The molecule has 4 saturated heterocycles. The first-order valence-corrected chi connectivity index (χ1v) is 39.3. The summed E-state index contributed by atoms with van der Waals surface area (Å²) in [5.41, 5.74) is -16.1. The second kappa shape index (κ2) is 42.5. The van der Waals surface area contributed by atoms with E-state index in [2.05, 4.69) is 20.4 Å². The molecule has 0 aromatic rings. The van der Waals surface area contributed by atoms with Gasteiger partial charge in [-0.05, 0) is 250 Å². The first-order chi connectivity index (χ1) is 85.0. The van der Waals surface area contributed by atoms with E-state index in [-0.39, 0.29) is 76.2 Å². The second-order valence-electron chi connectivity index (χ2n) is 31.4. The van der Waals surface area contributed by atoms with Gasteiger partial charge in [0.15, 0.2) is 0 Å². The van der Waals surface area contributed by atoms with Crippen LogP contribution in [0.1, 0.15) is 383 Å². The van der Waals surface area contributed by atoms with Crippen LogP contribution in [0.25, 0.3) is 0 Å². The molecule has 0 saturated carbocycles. The minimum atomic E-state index is -4.52. The molecular formula is C100H152O20. The summed E-state index contributed by atoms with van der Waals surface area (Å²) in [6, 6.07) is -8.92. The first kappa shape index (κ1) is 38.8. The Labute approximate surface area is 818 Å². The van der Waals surface area contributed by atoms with Crippen LogP contribution in [0.5, 0.6) is 0 Å². The topological polar surface area (TPSA) is 291 Å². The molecule has 4 heterocycles. The highest BCUT2D eigenvalue weighted by Crippen LogP contribution is 2.51. The van der Waals surface area contributed by atoms with Crippen LogP contribution in [0.3, 0.4) is 0 Å². The Morgan fingerprint density at radius 1 is 0.408 bits per heavy atom. The fourth-order valence-corrected chi connectivity index (χ4v) is 15.4. The van der Waals surface area contributed by atoms with Crippen molar-refractivity contribution in [3.8, 4) is 0 Å². The average molecular weight is 1750 g/mol. The van der Waals surface area contributed by atoms with Crippen molar-refractivity contribution in [2.45, 2.75) is 365 Å². The molecule has 8 aliphatic carbocycles. The van der Waals surface area contributed by atoms with Crippen LogP contribution in [0.2, 0.25) is 0 Å². The Morgan fingerprint density at radius 3 is 0.858 bits per heavy atom. The lowest BCUT2D eigenvalue weighted by atomic mass is 9.65. The van der Waals surface area contributed by atoms with Gasteiger partial charge < -0.3 is 58.3 Å². The number of hydrogen-bond donors (Lipinski definition) is 4. The fraction of sp³-hybridized carbons (Fsp3) is 0.760. The molecule has 4 fully saturated rings. The number of hydrogen-bond acceptors (Lipinski definition) is 20. The van der Waals surface area contributed by atoms with Crippen molar-refractivity contribution in [1.82, 2.24) is 0 Å². The average Bonchev–Trinajstić information content (AvgIpc) is 0.677. The number of cyclic esters (lactones) is 4. The molecule has 0 bridgehead atoms. The van der Waals surface area contributed by atoms with Gasteiger partial charge in [0, 0.05) is 125 Å². The first-order valence-electron chi connectivity index (χ1n) is 74.4. The number of ether oxygens (including phenoxy) is 8. The van der Waals surface area contributed by atoms with E-state index < -0.39 is 471 Å². The number of carbonyl (C=O) groups is 8. The van der Waals surface area contributed by atoms with E-state index in [4.69, 9.17) is 135 Å². The Hall–Kier alpha value is -6.48. The molecule has 12 rings (SSSR count). The zero-order chi connectivity index (χ0) is 149.